The molecular formula is C10H13N3Na-. The first-order chi connectivity index (χ1) is 6.31. The Morgan fingerprint density at radius 3 is 2.64 bits per heavy atom. The maximum absolute atomic E-state index is 5.40. The summed E-state index contributed by atoms with van der Waals surface area (Å²) >= 11 is 0. The predicted molar refractivity (Wildman–Crippen MR) is 54.7 cm³/mol. The van der Waals surface area contributed by atoms with Crippen molar-refractivity contribution < 1.29 is 29.6 Å². The van der Waals surface area contributed by atoms with E-state index in [9.17, 15) is 0 Å². The molecular weight excluding hydrogens is 185 g/mol. The topological polar surface area (TPSA) is 36.8 Å². The SMILES string of the molecule is [CH-]=CC(=[C-]N=C)C(=NC)NC1CC1.[Na+]. The quantitative estimate of drug-likeness (QED) is 0.186. The third-order valence-corrected chi connectivity index (χ3v) is 1.76. The van der Waals surface area contributed by atoms with E-state index in [1.807, 2.05) is 0 Å². The van der Waals surface area contributed by atoms with Crippen LogP contribution in [-0.2, 0) is 0 Å². The van der Waals surface area contributed by atoms with Gasteiger partial charge in [0.2, 0.25) is 0 Å². The fraction of sp³-hybridized carbons (Fsp3) is 0.400. The van der Waals surface area contributed by atoms with Crippen molar-refractivity contribution in [3.8, 4) is 0 Å². The summed E-state index contributed by atoms with van der Waals surface area (Å²) in [5.74, 6) is 0.734. The maximum atomic E-state index is 5.40. The molecule has 3 nitrogen and oxygen atoms in total. The molecule has 0 aromatic carbocycles. The minimum atomic E-state index is 0. The zero-order chi connectivity index (χ0) is 9.68. The summed E-state index contributed by atoms with van der Waals surface area (Å²) in [7, 11) is 1.71. The van der Waals surface area contributed by atoms with Crippen molar-refractivity contribution in [2.75, 3.05) is 7.05 Å². The van der Waals surface area contributed by atoms with Gasteiger partial charge in [0.1, 0.15) is 0 Å². The summed E-state index contributed by atoms with van der Waals surface area (Å²) in [4.78, 5) is 7.60. The van der Waals surface area contributed by atoms with Gasteiger partial charge >= 0.3 is 29.6 Å². The van der Waals surface area contributed by atoms with E-state index in [0.29, 0.717) is 11.6 Å². The van der Waals surface area contributed by atoms with Gasteiger partial charge in [-0.1, -0.05) is 6.72 Å². The summed E-state index contributed by atoms with van der Waals surface area (Å²) in [5.41, 5.74) is 0.657. The zero-order valence-corrected chi connectivity index (χ0v) is 10.7. The van der Waals surface area contributed by atoms with E-state index in [1.54, 1.807) is 7.05 Å². The molecule has 0 atom stereocenters. The molecule has 1 fully saturated rings. The minimum absolute atomic E-state index is 0. The van der Waals surface area contributed by atoms with Gasteiger partial charge in [-0.2, -0.15) is 0 Å². The third kappa shape index (κ3) is 4.22. The second-order valence-electron chi connectivity index (χ2n) is 2.84. The van der Waals surface area contributed by atoms with Crippen LogP contribution in [0.3, 0.4) is 0 Å². The summed E-state index contributed by atoms with van der Waals surface area (Å²) in [5, 5.41) is 3.23. The second kappa shape index (κ2) is 6.98. The summed E-state index contributed by atoms with van der Waals surface area (Å²) < 4.78 is 0. The predicted octanol–water partition coefficient (Wildman–Crippen LogP) is -1.85. The first kappa shape index (κ1) is 13.6. The molecule has 14 heavy (non-hydrogen) atoms. The van der Waals surface area contributed by atoms with Crippen LogP contribution < -0.4 is 34.9 Å². The van der Waals surface area contributed by atoms with E-state index in [-0.39, 0.29) is 29.6 Å². The zero-order valence-electron chi connectivity index (χ0n) is 8.75. The normalized spacial score (nSPS) is 16.9. The van der Waals surface area contributed by atoms with Gasteiger partial charge < -0.3 is 28.0 Å². The largest absolute Gasteiger partial charge is 1.00 e. The first-order valence-electron chi connectivity index (χ1n) is 4.19. The van der Waals surface area contributed by atoms with Crippen molar-refractivity contribution in [1.82, 2.24) is 5.32 Å². The average Bonchev–Trinajstić information content (AvgIpc) is 2.94. The fourth-order valence-corrected chi connectivity index (χ4v) is 0.938. The van der Waals surface area contributed by atoms with Crippen molar-refractivity contribution in [1.29, 1.82) is 0 Å². The number of rotatable bonds is 4. The monoisotopic (exact) mass is 198 g/mol. The number of hydrogen-bond donors (Lipinski definition) is 1. The molecule has 1 aliphatic rings. The molecule has 0 bridgehead atoms. The molecule has 0 amide bonds. The number of hydrogen-bond acceptors (Lipinski definition) is 2. The van der Waals surface area contributed by atoms with Gasteiger partial charge in [0, 0.05) is 13.1 Å². The van der Waals surface area contributed by atoms with E-state index in [1.165, 1.54) is 18.9 Å². The Morgan fingerprint density at radius 2 is 2.29 bits per heavy atom. The van der Waals surface area contributed by atoms with Gasteiger partial charge in [-0.3, -0.25) is 0 Å². The second-order valence-corrected chi connectivity index (χ2v) is 2.84. The van der Waals surface area contributed by atoms with Crippen LogP contribution >= 0.6 is 0 Å². The molecule has 1 N–H and O–H groups in total. The van der Waals surface area contributed by atoms with Crippen molar-refractivity contribution in [2.24, 2.45) is 9.98 Å². The third-order valence-electron chi connectivity index (χ3n) is 1.76. The van der Waals surface area contributed by atoms with Crippen LogP contribution in [0.1, 0.15) is 12.8 Å². The molecule has 0 heterocycles. The van der Waals surface area contributed by atoms with Crippen molar-refractivity contribution in [3.63, 3.8) is 0 Å². The van der Waals surface area contributed by atoms with Crippen LogP contribution in [0, 0.1) is 12.8 Å². The fourth-order valence-electron chi connectivity index (χ4n) is 0.938. The smallest absolute Gasteiger partial charge is 0.421 e. The number of nitrogens with one attached hydrogen (secondary N) is 1. The van der Waals surface area contributed by atoms with E-state index >= 15 is 0 Å². The van der Waals surface area contributed by atoms with Gasteiger partial charge in [0.05, 0.1) is 0 Å². The molecule has 70 valence electrons. The Hall–Kier alpha value is -0.380. The Bertz CT molecular complexity index is 265. The van der Waals surface area contributed by atoms with E-state index in [0.717, 1.165) is 5.84 Å². The first-order valence-corrected chi connectivity index (χ1v) is 4.19. The van der Waals surface area contributed by atoms with Gasteiger partial charge in [0.25, 0.3) is 0 Å². The van der Waals surface area contributed by atoms with Gasteiger partial charge in [-0.05, 0) is 18.7 Å². The van der Waals surface area contributed by atoms with Crippen molar-refractivity contribution in [3.05, 3.63) is 24.4 Å². The summed E-state index contributed by atoms with van der Waals surface area (Å²) in [6.45, 7) is 8.72. The summed E-state index contributed by atoms with van der Waals surface area (Å²) in [6, 6.07) is 0.542. The van der Waals surface area contributed by atoms with E-state index in [2.05, 4.69) is 28.2 Å². The number of nitrogens with zero attached hydrogens (tertiary/aromatic N) is 2. The van der Waals surface area contributed by atoms with Crippen LogP contribution in [0.4, 0.5) is 0 Å². The summed E-state index contributed by atoms with van der Waals surface area (Å²) in [6.07, 6.45) is 6.48. The Kier molecular flexibility index (Phi) is 6.79. The van der Waals surface area contributed by atoms with Crippen LogP contribution in [0.5, 0.6) is 0 Å². The molecule has 0 aromatic rings. The van der Waals surface area contributed by atoms with Crippen LogP contribution in [-0.4, -0.2) is 25.6 Å². The van der Waals surface area contributed by atoms with E-state index < -0.39 is 0 Å². The molecule has 0 aliphatic heterocycles. The van der Waals surface area contributed by atoms with Crippen molar-refractivity contribution >= 4 is 12.6 Å². The van der Waals surface area contributed by atoms with Crippen molar-refractivity contribution in [2.45, 2.75) is 18.9 Å². The molecule has 0 saturated heterocycles. The van der Waals surface area contributed by atoms with Crippen LogP contribution in [0.25, 0.3) is 0 Å². The standard InChI is InChI=1S/C10H13N3.Na/c1-4-8(7-11-2)10(12-3)13-9-5-6-9;/h1,4,9H,2,5-6H2,3H3,(H,12,13);/q-2;+1. The molecule has 1 saturated carbocycles. The number of aliphatic imine (C=N–C) groups is 2. The van der Waals surface area contributed by atoms with Crippen LogP contribution in [0.15, 0.2) is 21.6 Å². The Labute approximate surface area is 107 Å². The molecule has 0 aromatic heterocycles. The molecule has 0 spiro atoms. The molecule has 0 radical (unpaired) electrons. The average molecular weight is 198 g/mol. The molecule has 1 rings (SSSR count). The van der Waals surface area contributed by atoms with Gasteiger partial charge in [-0.25, -0.2) is 5.57 Å². The van der Waals surface area contributed by atoms with Gasteiger partial charge in [-0.15, -0.1) is 6.20 Å². The number of amidine groups is 1. The minimum Gasteiger partial charge on any atom is -0.421 e. The van der Waals surface area contributed by atoms with E-state index in [4.69, 9.17) is 6.58 Å². The van der Waals surface area contributed by atoms with Crippen LogP contribution in [0.2, 0.25) is 0 Å². The maximum Gasteiger partial charge on any atom is 1.00 e. The Balaban J connectivity index is 0.00000169. The molecule has 0 unspecified atom stereocenters. The Morgan fingerprint density at radius 1 is 1.64 bits per heavy atom. The molecule has 4 heteroatoms. The van der Waals surface area contributed by atoms with Gasteiger partial charge in [0.15, 0.2) is 0 Å². The molecule has 1 aliphatic carbocycles.